The van der Waals surface area contributed by atoms with E-state index in [4.69, 9.17) is 4.74 Å². The molecule has 136 valence electrons. The number of hydrogen-bond donors (Lipinski definition) is 1. The van der Waals surface area contributed by atoms with E-state index in [0.29, 0.717) is 24.2 Å². The average Bonchev–Trinajstić information content (AvgIpc) is 3.02. The minimum Gasteiger partial charge on any atom is -0.465 e. The van der Waals surface area contributed by atoms with Crippen LogP contribution < -0.4 is 5.32 Å². The Hall–Kier alpha value is -2.57. The van der Waals surface area contributed by atoms with Crippen LogP contribution in [0.1, 0.15) is 44.0 Å². The summed E-state index contributed by atoms with van der Waals surface area (Å²) in [5.41, 5.74) is 0.204. The second-order valence-corrected chi connectivity index (χ2v) is 6.89. The van der Waals surface area contributed by atoms with E-state index in [-0.39, 0.29) is 5.91 Å². The van der Waals surface area contributed by atoms with Gasteiger partial charge in [0.1, 0.15) is 11.6 Å². The van der Waals surface area contributed by atoms with Crippen molar-refractivity contribution in [3.05, 3.63) is 29.8 Å². The summed E-state index contributed by atoms with van der Waals surface area (Å²) in [6, 6.07) is 5.89. The first-order valence-electron chi connectivity index (χ1n) is 8.20. The fourth-order valence-corrected chi connectivity index (χ4v) is 2.65. The Bertz CT molecular complexity index is 666. The summed E-state index contributed by atoms with van der Waals surface area (Å²) in [7, 11) is 1.30. The summed E-state index contributed by atoms with van der Waals surface area (Å²) in [5.74, 6) is -0.780. The van der Waals surface area contributed by atoms with Gasteiger partial charge in [-0.15, -0.1) is 0 Å². The molecule has 0 aliphatic carbocycles. The molecule has 0 unspecified atom stereocenters. The van der Waals surface area contributed by atoms with Crippen molar-refractivity contribution in [1.29, 1.82) is 0 Å². The molecular weight excluding hydrogens is 324 g/mol. The Morgan fingerprint density at radius 3 is 2.60 bits per heavy atom. The largest absolute Gasteiger partial charge is 0.465 e. The molecule has 1 aromatic rings. The molecule has 0 aromatic heterocycles. The number of carbonyl (C=O) groups excluding carboxylic acids is 3. The molecule has 7 heteroatoms. The van der Waals surface area contributed by atoms with Crippen LogP contribution in [0.5, 0.6) is 0 Å². The summed E-state index contributed by atoms with van der Waals surface area (Å²) in [6.07, 6.45) is 0.815. The third kappa shape index (κ3) is 4.95. The molecule has 0 saturated carbocycles. The maximum Gasteiger partial charge on any atom is 0.410 e. The lowest BCUT2D eigenvalue weighted by atomic mass is 10.1. The number of likely N-dealkylation sites (tertiary alicyclic amines) is 1. The smallest absolute Gasteiger partial charge is 0.410 e. The van der Waals surface area contributed by atoms with E-state index in [0.717, 1.165) is 6.42 Å². The van der Waals surface area contributed by atoms with E-state index < -0.39 is 23.7 Å². The number of anilines is 1. The highest BCUT2D eigenvalue weighted by Gasteiger charge is 2.36. The Morgan fingerprint density at radius 2 is 1.96 bits per heavy atom. The lowest BCUT2D eigenvalue weighted by Crippen LogP contribution is -2.45. The molecule has 1 N–H and O–H groups in total. The van der Waals surface area contributed by atoms with Crippen LogP contribution >= 0.6 is 0 Å². The van der Waals surface area contributed by atoms with Crippen molar-refractivity contribution < 1.29 is 23.9 Å². The number of esters is 1. The van der Waals surface area contributed by atoms with E-state index in [2.05, 4.69) is 10.1 Å². The fraction of sp³-hybridized carbons (Fsp3) is 0.500. The zero-order valence-corrected chi connectivity index (χ0v) is 15.0. The van der Waals surface area contributed by atoms with E-state index in [1.807, 2.05) is 0 Å². The topological polar surface area (TPSA) is 84.9 Å². The number of nitrogens with one attached hydrogen (secondary N) is 1. The standard InChI is InChI=1S/C18H24N2O5/c1-18(2,3)25-17(23)20-10-6-9-14(20)15(21)19-13-8-5-7-12(11-13)16(22)24-4/h5,7-8,11,14H,6,9-10H2,1-4H3,(H,19,21)/t14-/m0/s1. The van der Waals surface area contributed by atoms with E-state index in [1.54, 1.807) is 39.0 Å². The molecule has 2 rings (SSSR count). The van der Waals surface area contributed by atoms with Crippen molar-refractivity contribution in [2.24, 2.45) is 0 Å². The van der Waals surface area contributed by atoms with Crippen molar-refractivity contribution in [3.63, 3.8) is 0 Å². The van der Waals surface area contributed by atoms with Crippen LogP contribution in [0.25, 0.3) is 0 Å². The number of ether oxygens (including phenoxy) is 2. The maximum atomic E-state index is 12.6. The van der Waals surface area contributed by atoms with Crippen molar-refractivity contribution in [3.8, 4) is 0 Å². The van der Waals surface area contributed by atoms with Crippen LogP contribution in [0.15, 0.2) is 24.3 Å². The highest BCUT2D eigenvalue weighted by atomic mass is 16.6. The predicted molar refractivity (Wildman–Crippen MR) is 92.4 cm³/mol. The monoisotopic (exact) mass is 348 g/mol. The minimum absolute atomic E-state index is 0.301. The predicted octanol–water partition coefficient (Wildman–Crippen LogP) is 2.81. The van der Waals surface area contributed by atoms with Crippen molar-refractivity contribution in [2.75, 3.05) is 19.0 Å². The summed E-state index contributed by atoms with van der Waals surface area (Å²) >= 11 is 0. The summed E-state index contributed by atoms with van der Waals surface area (Å²) in [4.78, 5) is 37.9. The third-order valence-corrected chi connectivity index (χ3v) is 3.73. The van der Waals surface area contributed by atoms with E-state index >= 15 is 0 Å². The minimum atomic E-state index is -0.616. The Kier molecular flexibility index (Phi) is 5.66. The maximum absolute atomic E-state index is 12.6. The van der Waals surface area contributed by atoms with E-state index in [1.165, 1.54) is 18.1 Å². The highest BCUT2D eigenvalue weighted by molar-refractivity contribution is 5.98. The molecule has 0 spiro atoms. The molecule has 1 saturated heterocycles. The zero-order valence-electron chi connectivity index (χ0n) is 15.0. The molecule has 0 radical (unpaired) electrons. The van der Waals surface area contributed by atoms with E-state index in [9.17, 15) is 14.4 Å². The van der Waals surface area contributed by atoms with Crippen molar-refractivity contribution in [2.45, 2.75) is 45.3 Å². The Morgan fingerprint density at radius 1 is 1.24 bits per heavy atom. The Labute approximate surface area is 147 Å². The molecule has 0 bridgehead atoms. The van der Waals surface area contributed by atoms with Gasteiger partial charge >= 0.3 is 12.1 Å². The molecule has 7 nitrogen and oxygen atoms in total. The van der Waals surface area contributed by atoms with Gasteiger partial charge in [0.2, 0.25) is 5.91 Å². The average molecular weight is 348 g/mol. The number of nitrogens with zero attached hydrogens (tertiary/aromatic N) is 1. The Balaban J connectivity index is 2.07. The molecule has 1 fully saturated rings. The molecule has 2 amide bonds. The van der Waals surface area contributed by atoms with Crippen LogP contribution in [0, 0.1) is 0 Å². The molecule has 1 aliphatic heterocycles. The first kappa shape index (κ1) is 18.8. The quantitative estimate of drug-likeness (QED) is 0.849. The van der Waals surface area contributed by atoms with Gasteiger partial charge in [-0.25, -0.2) is 9.59 Å². The molecule has 1 heterocycles. The normalized spacial score (nSPS) is 17.1. The number of amides is 2. The van der Waals surface area contributed by atoms with Gasteiger partial charge in [0.25, 0.3) is 0 Å². The van der Waals surface area contributed by atoms with Gasteiger partial charge < -0.3 is 14.8 Å². The molecule has 1 atom stereocenters. The molecule has 1 aromatic carbocycles. The van der Waals surface area contributed by atoms with Crippen LogP contribution in [0.3, 0.4) is 0 Å². The number of hydrogen-bond acceptors (Lipinski definition) is 5. The number of rotatable bonds is 3. The van der Waals surface area contributed by atoms with Gasteiger partial charge in [0.05, 0.1) is 12.7 Å². The van der Waals surface area contributed by atoms with Gasteiger partial charge in [0.15, 0.2) is 0 Å². The number of methoxy groups -OCH3 is 1. The molecule has 25 heavy (non-hydrogen) atoms. The first-order valence-corrected chi connectivity index (χ1v) is 8.20. The van der Waals surface area contributed by atoms with Crippen LogP contribution in [-0.4, -0.2) is 48.2 Å². The van der Waals surface area contributed by atoms with Gasteiger partial charge in [-0.3, -0.25) is 9.69 Å². The summed E-state index contributed by atoms with van der Waals surface area (Å²) in [6.45, 7) is 5.84. The van der Waals surface area contributed by atoms with Crippen LogP contribution in [-0.2, 0) is 14.3 Å². The second kappa shape index (κ2) is 7.55. The van der Waals surface area contributed by atoms with Gasteiger partial charge in [-0.05, 0) is 51.8 Å². The number of carbonyl (C=O) groups is 3. The molecular formula is C18H24N2O5. The van der Waals surface area contributed by atoms with Gasteiger partial charge in [-0.2, -0.15) is 0 Å². The van der Waals surface area contributed by atoms with Gasteiger partial charge in [0, 0.05) is 12.2 Å². The number of benzene rings is 1. The van der Waals surface area contributed by atoms with Gasteiger partial charge in [-0.1, -0.05) is 6.07 Å². The third-order valence-electron chi connectivity index (χ3n) is 3.73. The van der Waals surface area contributed by atoms with Crippen LogP contribution in [0.4, 0.5) is 10.5 Å². The fourth-order valence-electron chi connectivity index (χ4n) is 2.65. The second-order valence-electron chi connectivity index (χ2n) is 6.89. The van der Waals surface area contributed by atoms with Crippen LogP contribution in [0.2, 0.25) is 0 Å². The first-order chi connectivity index (χ1) is 11.7. The van der Waals surface area contributed by atoms with Crippen molar-refractivity contribution >= 4 is 23.7 Å². The lowest BCUT2D eigenvalue weighted by Gasteiger charge is -2.28. The summed E-state index contributed by atoms with van der Waals surface area (Å²) in [5, 5.41) is 2.75. The molecule has 1 aliphatic rings. The lowest BCUT2D eigenvalue weighted by molar-refractivity contribution is -0.120. The summed E-state index contributed by atoms with van der Waals surface area (Å²) < 4.78 is 10.0. The zero-order chi connectivity index (χ0) is 18.6. The SMILES string of the molecule is COC(=O)c1cccc(NC(=O)[C@@H]2CCCN2C(=O)OC(C)(C)C)c1. The van der Waals surface area contributed by atoms with Crippen molar-refractivity contribution in [1.82, 2.24) is 4.90 Å². The highest BCUT2D eigenvalue weighted by Crippen LogP contribution is 2.22.